The second kappa shape index (κ2) is 9.60. The Kier molecular flexibility index (Phi) is 7.45. The van der Waals surface area contributed by atoms with Gasteiger partial charge in [-0.05, 0) is 58.0 Å². The molecule has 0 aliphatic rings. The van der Waals surface area contributed by atoms with Crippen LogP contribution in [0.3, 0.4) is 0 Å². The van der Waals surface area contributed by atoms with Crippen molar-refractivity contribution < 1.29 is 23.8 Å². The van der Waals surface area contributed by atoms with Gasteiger partial charge < -0.3 is 19.2 Å². The molecular weight excluding hydrogens is 372 g/mol. The van der Waals surface area contributed by atoms with E-state index in [1.165, 1.54) is 7.11 Å². The van der Waals surface area contributed by atoms with Gasteiger partial charge in [0.2, 0.25) is 0 Å². The van der Waals surface area contributed by atoms with Crippen LogP contribution in [0.15, 0.2) is 18.2 Å². The number of benzene rings is 1. The first-order chi connectivity index (χ1) is 13.7. The lowest BCUT2D eigenvalue weighted by molar-refractivity contribution is 0.0599. The number of H-pyrrole nitrogens is 1. The number of ether oxygens (including phenoxy) is 3. The summed E-state index contributed by atoms with van der Waals surface area (Å²) in [6.45, 7) is 8.40. The number of hydrogen-bond acceptors (Lipinski definition) is 6. The Balaban J connectivity index is 2.19. The summed E-state index contributed by atoms with van der Waals surface area (Å²) in [7, 11) is 4.82. The van der Waals surface area contributed by atoms with E-state index in [1.807, 2.05) is 44.0 Å². The van der Waals surface area contributed by atoms with Gasteiger partial charge >= 0.3 is 5.97 Å². The molecule has 1 heterocycles. The number of esters is 1. The summed E-state index contributed by atoms with van der Waals surface area (Å²) in [5.41, 5.74) is 3.10. The molecule has 1 aromatic carbocycles. The highest BCUT2D eigenvalue weighted by Gasteiger charge is 2.27. The number of aromatic amines is 1. The molecule has 0 spiro atoms. The van der Waals surface area contributed by atoms with Crippen molar-refractivity contribution in [3.63, 3.8) is 0 Å². The molecule has 0 aliphatic heterocycles. The van der Waals surface area contributed by atoms with Gasteiger partial charge in [0, 0.05) is 12.2 Å². The Bertz CT molecular complexity index is 888. The number of ketones is 1. The topological polar surface area (TPSA) is 80.9 Å². The minimum Gasteiger partial charge on any atom is -0.493 e. The molecule has 2 rings (SSSR count). The highest BCUT2D eigenvalue weighted by molar-refractivity contribution is 6.03. The number of carbonyl (C=O) groups is 2. The van der Waals surface area contributed by atoms with Gasteiger partial charge in [-0.15, -0.1) is 0 Å². The first-order valence-electron chi connectivity index (χ1n) is 9.56. The molecule has 0 saturated carbocycles. The van der Waals surface area contributed by atoms with Crippen molar-refractivity contribution in [2.75, 3.05) is 27.9 Å². The number of aromatic nitrogens is 1. The Morgan fingerprint density at radius 1 is 1.17 bits per heavy atom. The van der Waals surface area contributed by atoms with Crippen LogP contribution in [0.1, 0.15) is 51.5 Å². The third kappa shape index (κ3) is 4.79. The van der Waals surface area contributed by atoms with Crippen LogP contribution in [0.25, 0.3) is 0 Å². The monoisotopic (exact) mass is 402 g/mol. The summed E-state index contributed by atoms with van der Waals surface area (Å²) in [4.78, 5) is 30.1. The Morgan fingerprint density at radius 2 is 1.86 bits per heavy atom. The Hall–Kier alpha value is -2.80. The lowest BCUT2D eigenvalue weighted by Crippen LogP contribution is -2.36. The molecule has 0 bridgehead atoms. The maximum absolute atomic E-state index is 13.1. The largest absolute Gasteiger partial charge is 0.493 e. The summed E-state index contributed by atoms with van der Waals surface area (Å²) in [6.07, 6.45) is 0. The van der Waals surface area contributed by atoms with Crippen molar-refractivity contribution in [1.82, 2.24) is 9.88 Å². The van der Waals surface area contributed by atoms with E-state index in [4.69, 9.17) is 14.2 Å². The minimum atomic E-state index is -0.446. The van der Waals surface area contributed by atoms with E-state index in [1.54, 1.807) is 21.0 Å². The maximum Gasteiger partial charge on any atom is 0.339 e. The molecule has 158 valence electrons. The lowest BCUT2D eigenvalue weighted by Gasteiger charge is -2.24. The van der Waals surface area contributed by atoms with Gasteiger partial charge in [0.25, 0.3) is 0 Å². The Labute approximate surface area is 172 Å². The van der Waals surface area contributed by atoms with Gasteiger partial charge in [0.15, 0.2) is 17.3 Å². The molecule has 0 fully saturated rings. The number of rotatable bonds is 9. The zero-order chi connectivity index (χ0) is 21.7. The summed E-state index contributed by atoms with van der Waals surface area (Å²) in [5.74, 6) is 0.826. The SMILES string of the molecule is CCOc1ccc(CN(C)[C@H](C)C(=O)c2[nH]c(C)c(C(=O)OC)c2C)cc1OC. The van der Waals surface area contributed by atoms with Gasteiger partial charge in [-0.3, -0.25) is 9.69 Å². The maximum atomic E-state index is 13.1. The van der Waals surface area contributed by atoms with Gasteiger partial charge in [-0.25, -0.2) is 4.79 Å². The quantitative estimate of drug-likeness (QED) is 0.511. The van der Waals surface area contributed by atoms with Crippen molar-refractivity contribution >= 4 is 11.8 Å². The van der Waals surface area contributed by atoms with Gasteiger partial charge in [-0.1, -0.05) is 6.07 Å². The van der Waals surface area contributed by atoms with Gasteiger partial charge in [-0.2, -0.15) is 0 Å². The van der Waals surface area contributed by atoms with E-state index in [2.05, 4.69) is 4.98 Å². The van der Waals surface area contributed by atoms with E-state index in [9.17, 15) is 9.59 Å². The van der Waals surface area contributed by atoms with Crippen LogP contribution in [0.4, 0.5) is 0 Å². The average molecular weight is 402 g/mol. The number of Topliss-reactive ketones (excluding diaryl/α,β-unsaturated/α-hetero) is 1. The van der Waals surface area contributed by atoms with Gasteiger partial charge in [0.1, 0.15) is 0 Å². The van der Waals surface area contributed by atoms with Crippen LogP contribution in [0.5, 0.6) is 11.5 Å². The van der Waals surface area contributed by atoms with Crippen molar-refractivity contribution in [1.29, 1.82) is 0 Å². The number of nitrogens with zero attached hydrogens (tertiary/aromatic N) is 1. The molecule has 0 amide bonds. The number of hydrogen-bond donors (Lipinski definition) is 1. The molecule has 7 nitrogen and oxygen atoms in total. The molecule has 7 heteroatoms. The van der Waals surface area contributed by atoms with Crippen LogP contribution in [0.2, 0.25) is 0 Å². The first-order valence-corrected chi connectivity index (χ1v) is 9.56. The highest BCUT2D eigenvalue weighted by atomic mass is 16.5. The molecule has 0 radical (unpaired) electrons. The van der Waals surface area contributed by atoms with Crippen LogP contribution >= 0.6 is 0 Å². The zero-order valence-corrected chi connectivity index (χ0v) is 18.2. The summed E-state index contributed by atoms with van der Waals surface area (Å²) < 4.78 is 15.8. The van der Waals surface area contributed by atoms with Crippen LogP contribution in [0, 0.1) is 13.8 Å². The zero-order valence-electron chi connectivity index (χ0n) is 18.2. The summed E-state index contributed by atoms with van der Waals surface area (Å²) in [6, 6.07) is 5.35. The molecule has 0 aliphatic carbocycles. The van der Waals surface area contributed by atoms with Crippen molar-refractivity contribution in [2.45, 2.75) is 40.3 Å². The predicted octanol–water partition coefficient (Wildman–Crippen LogP) is 3.53. The first kappa shape index (κ1) is 22.5. The number of methoxy groups -OCH3 is 2. The smallest absolute Gasteiger partial charge is 0.339 e. The third-order valence-electron chi connectivity index (χ3n) is 5.07. The molecule has 1 N–H and O–H groups in total. The summed E-state index contributed by atoms with van der Waals surface area (Å²) >= 11 is 0. The number of likely N-dealkylation sites (N-methyl/N-ethyl adjacent to an activating group) is 1. The van der Waals surface area contributed by atoms with E-state index >= 15 is 0 Å². The van der Waals surface area contributed by atoms with Crippen LogP contribution in [-0.4, -0.2) is 55.6 Å². The molecular formula is C22H30N2O5. The van der Waals surface area contributed by atoms with Crippen molar-refractivity contribution in [3.05, 3.63) is 46.3 Å². The number of aryl methyl sites for hydroxylation is 1. The van der Waals surface area contributed by atoms with Crippen LogP contribution in [-0.2, 0) is 11.3 Å². The molecule has 2 aromatic rings. The molecule has 29 heavy (non-hydrogen) atoms. The molecule has 0 unspecified atom stereocenters. The fourth-order valence-corrected chi connectivity index (χ4v) is 3.32. The second-order valence-corrected chi connectivity index (χ2v) is 6.99. The third-order valence-corrected chi connectivity index (χ3v) is 5.07. The lowest BCUT2D eigenvalue weighted by atomic mass is 10.0. The predicted molar refractivity (Wildman–Crippen MR) is 111 cm³/mol. The second-order valence-electron chi connectivity index (χ2n) is 6.99. The van der Waals surface area contributed by atoms with Crippen molar-refractivity contribution in [3.8, 4) is 11.5 Å². The highest BCUT2D eigenvalue weighted by Crippen LogP contribution is 2.29. The number of nitrogens with one attached hydrogen (secondary N) is 1. The average Bonchev–Trinajstić information content (AvgIpc) is 3.01. The fourth-order valence-electron chi connectivity index (χ4n) is 3.32. The Morgan fingerprint density at radius 3 is 2.45 bits per heavy atom. The van der Waals surface area contributed by atoms with E-state index in [-0.39, 0.29) is 5.78 Å². The summed E-state index contributed by atoms with van der Waals surface area (Å²) in [5, 5.41) is 0. The van der Waals surface area contributed by atoms with Crippen molar-refractivity contribution in [2.24, 2.45) is 0 Å². The molecule has 0 saturated heterocycles. The minimum absolute atomic E-state index is 0.0823. The standard InChI is InChI=1S/C22H30N2O5/c1-8-29-17-10-9-16(11-18(17)27-6)12-24(5)15(4)21(25)20-13(2)19(14(3)23-20)22(26)28-7/h9-11,15,23H,8,12H2,1-7H3/t15-/m1/s1. The normalized spacial score (nSPS) is 12.0. The van der Waals surface area contributed by atoms with Gasteiger partial charge in [0.05, 0.1) is 38.1 Å². The van der Waals surface area contributed by atoms with Crippen LogP contribution < -0.4 is 9.47 Å². The van der Waals surface area contributed by atoms with E-state index < -0.39 is 12.0 Å². The molecule has 1 atom stereocenters. The molecule has 1 aromatic heterocycles. The fraction of sp³-hybridized carbons (Fsp3) is 0.455. The number of carbonyl (C=O) groups excluding carboxylic acids is 2. The van der Waals surface area contributed by atoms with E-state index in [0.717, 1.165) is 5.56 Å². The van der Waals surface area contributed by atoms with E-state index in [0.29, 0.717) is 47.2 Å².